The lowest BCUT2D eigenvalue weighted by Gasteiger charge is -2.25. The Morgan fingerprint density at radius 3 is 1.79 bits per heavy atom. The fourth-order valence-electron chi connectivity index (χ4n) is 3.34. The molecule has 0 atom stereocenters. The molecule has 0 spiro atoms. The van der Waals surface area contributed by atoms with Gasteiger partial charge in [0.05, 0.1) is 16.0 Å². The van der Waals surface area contributed by atoms with Gasteiger partial charge in [-0.1, -0.05) is 57.2 Å². The molecule has 3 aromatic carbocycles. The third-order valence-electron chi connectivity index (χ3n) is 4.92. The van der Waals surface area contributed by atoms with Crippen LogP contribution in [-0.2, 0) is 19.8 Å². The zero-order valence-electron chi connectivity index (χ0n) is 16.2. The molecule has 0 aromatic heterocycles. The molecule has 6 nitrogen and oxygen atoms in total. The molecule has 3 aromatic rings. The minimum atomic E-state index is -4.38. The average molecular weight is 409 g/mol. The van der Waals surface area contributed by atoms with Gasteiger partial charge in [0.2, 0.25) is 0 Å². The fourth-order valence-corrected chi connectivity index (χ4v) is 4.23. The van der Waals surface area contributed by atoms with Gasteiger partial charge in [0.15, 0.2) is 0 Å². The maximum atomic E-state index is 12.8. The van der Waals surface area contributed by atoms with Crippen LogP contribution in [0.5, 0.6) is 0 Å². The molecule has 2 amide bonds. The SMILES string of the molecule is CC(C)(C)c1ccc(S(=O)(=O)ON2C(=O)c3cccc4cccc(c34)C2=O)cc1. The monoisotopic (exact) mass is 409 g/mol. The Labute approximate surface area is 168 Å². The van der Waals surface area contributed by atoms with Crippen LogP contribution in [0, 0.1) is 0 Å². The molecule has 4 rings (SSSR count). The van der Waals surface area contributed by atoms with Crippen LogP contribution < -0.4 is 0 Å². The van der Waals surface area contributed by atoms with E-state index in [-0.39, 0.29) is 21.4 Å². The van der Waals surface area contributed by atoms with Crippen molar-refractivity contribution in [1.82, 2.24) is 5.06 Å². The maximum Gasteiger partial charge on any atom is 0.318 e. The van der Waals surface area contributed by atoms with Crippen molar-refractivity contribution < 1.29 is 22.3 Å². The van der Waals surface area contributed by atoms with E-state index in [4.69, 9.17) is 4.28 Å². The van der Waals surface area contributed by atoms with Crippen LogP contribution in [0.3, 0.4) is 0 Å². The molecule has 29 heavy (non-hydrogen) atoms. The number of benzene rings is 3. The Balaban J connectivity index is 1.71. The summed E-state index contributed by atoms with van der Waals surface area (Å²) in [6.07, 6.45) is 0. The normalized spacial score (nSPS) is 14.5. The number of hydroxylamine groups is 2. The summed E-state index contributed by atoms with van der Waals surface area (Å²) in [5, 5.41) is 1.54. The van der Waals surface area contributed by atoms with Gasteiger partial charge in [-0.15, -0.1) is 9.35 Å². The molecule has 1 aliphatic heterocycles. The van der Waals surface area contributed by atoms with Gasteiger partial charge in [0.25, 0.3) is 11.8 Å². The maximum absolute atomic E-state index is 12.8. The lowest BCUT2D eigenvalue weighted by atomic mass is 9.87. The third kappa shape index (κ3) is 3.22. The highest BCUT2D eigenvalue weighted by Gasteiger charge is 2.37. The molecular formula is C22H19NO5S. The van der Waals surface area contributed by atoms with Crippen LogP contribution in [0.2, 0.25) is 0 Å². The molecule has 148 valence electrons. The predicted octanol–water partition coefficient (Wildman–Crippen LogP) is 4.05. The average Bonchev–Trinajstić information content (AvgIpc) is 2.68. The van der Waals surface area contributed by atoms with Gasteiger partial charge >= 0.3 is 10.1 Å². The number of carbonyl (C=O) groups excluding carboxylic acids is 2. The number of rotatable bonds is 3. The summed E-state index contributed by atoms with van der Waals surface area (Å²) in [5.74, 6) is -1.62. The molecule has 0 unspecified atom stereocenters. The molecule has 0 N–H and O–H groups in total. The van der Waals surface area contributed by atoms with E-state index in [1.165, 1.54) is 12.1 Å². The van der Waals surface area contributed by atoms with Gasteiger partial charge < -0.3 is 0 Å². The zero-order valence-corrected chi connectivity index (χ0v) is 17.0. The van der Waals surface area contributed by atoms with Crippen molar-refractivity contribution in [2.75, 3.05) is 0 Å². The number of hydrogen-bond donors (Lipinski definition) is 0. The van der Waals surface area contributed by atoms with E-state index in [0.29, 0.717) is 10.4 Å². The number of carbonyl (C=O) groups is 2. The lowest BCUT2D eigenvalue weighted by Crippen LogP contribution is -2.41. The predicted molar refractivity (Wildman–Crippen MR) is 108 cm³/mol. The number of nitrogens with zero attached hydrogens (tertiary/aromatic N) is 1. The van der Waals surface area contributed by atoms with Crippen molar-refractivity contribution in [3.05, 3.63) is 77.4 Å². The molecule has 0 fully saturated rings. The highest BCUT2D eigenvalue weighted by molar-refractivity contribution is 7.86. The van der Waals surface area contributed by atoms with E-state index >= 15 is 0 Å². The van der Waals surface area contributed by atoms with Crippen LogP contribution in [0.1, 0.15) is 47.1 Å². The van der Waals surface area contributed by atoms with Crippen LogP contribution >= 0.6 is 0 Å². The van der Waals surface area contributed by atoms with E-state index in [1.54, 1.807) is 48.5 Å². The molecule has 0 saturated heterocycles. The Morgan fingerprint density at radius 2 is 1.31 bits per heavy atom. The first-order valence-corrected chi connectivity index (χ1v) is 10.5. The first kappa shape index (κ1) is 19.3. The summed E-state index contributed by atoms with van der Waals surface area (Å²) in [6, 6.07) is 16.2. The van der Waals surface area contributed by atoms with Crippen molar-refractivity contribution in [3.63, 3.8) is 0 Å². The van der Waals surface area contributed by atoms with Crippen LogP contribution in [0.4, 0.5) is 0 Å². The Kier molecular flexibility index (Phi) is 4.33. The van der Waals surface area contributed by atoms with Gasteiger partial charge in [-0.05, 0) is 40.6 Å². The summed E-state index contributed by atoms with van der Waals surface area (Å²) in [4.78, 5) is 25.5. The van der Waals surface area contributed by atoms with Gasteiger partial charge in [-0.2, -0.15) is 8.42 Å². The smallest absolute Gasteiger partial charge is 0.266 e. The first-order valence-electron chi connectivity index (χ1n) is 9.05. The standard InChI is InChI=1S/C22H19NO5S/c1-22(2,3)15-10-12-16(13-11-15)29(26,27)28-23-20(24)17-8-4-6-14-7-5-9-18(19(14)17)21(23)25/h4-13H,1-3H3. The summed E-state index contributed by atoms with van der Waals surface area (Å²) in [7, 11) is -4.38. The molecule has 0 radical (unpaired) electrons. The van der Waals surface area contributed by atoms with Crippen molar-refractivity contribution in [3.8, 4) is 0 Å². The summed E-state index contributed by atoms with van der Waals surface area (Å²) >= 11 is 0. The van der Waals surface area contributed by atoms with Crippen molar-refractivity contribution >= 4 is 32.7 Å². The fraction of sp³-hybridized carbons (Fsp3) is 0.182. The highest BCUT2D eigenvalue weighted by Crippen LogP contribution is 2.31. The largest absolute Gasteiger partial charge is 0.318 e. The second kappa shape index (κ2) is 6.50. The molecule has 1 heterocycles. The molecule has 0 aliphatic carbocycles. The zero-order chi connectivity index (χ0) is 21.0. The minimum absolute atomic E-state index is 0.136. The van der Waals surface area contributed by atoms with Gasteiger partial charge in [-0.3, -0.25) is 9.59 Å². The van der Waals surface area contributed by atoms with E-state index in [9.17, 15) is 18.0 Å². The van der Waals surface area contributed by atoms with Crippen LogP contribution in [0.15, 0.2) is 65.6 Å². The molecule has 0 saturated carbocycles. The Morgan fingerprint density at radius 1 is 0.793 bits per heavy atom. The Bertz CT molecular complexity index is 1200. The van der Waals surface area contributed by atoms with Crippen molar-refractivity contribution in [1.29, 1.82) is 0 Å². The molecular weight excluding hydrogens is 390 g/mol. The summed E-state index contributed by atoms with van der Waals surface area (Å²) < 4.78 is 30.5. The van der Waals surface area contributed by atoms with Crippen LogP contribution in [0.25, 0.3) is 10.8 Å². The topological polar surface area (TPSA) is 80.8 Å². The summed E-state index contributed by atoms with van der Waals surface area (Å²) in [5.41, 5.74) is 1.23. The molecule has 0 bridgehead atoms. The first-order chi connectivity index (χ1) is 13.6. The molecule has 7 heteroatoms. The molecule has 1 aliphatic rings. The number of hydrogen-bond acceptors (Lipinski definition) is 5. The van der Waals surface area contributed by atoms with Crippen LogP contribution in [-0.4, -0.2) is 25.3 Å². The third-order valence-corrected chi connectivity index (χ3v) is 6.11. The Hall–Kier alpha value is -3.03. The number of amides is 2. The lowest BCUT2D eigenvalue weighted by molar-refractivity contribution is -0.0155. The second-order valence-electron chi connectivity index (χ2n) is 7.92. The summed E-state index contributed by atoms with van der Waals surface area (Å²) in [6.45, 7) is 6.03. The van der Waals surface area contributed by atoms with E-state index in [1.807, 2.05) is 20.8 Å². The van der Waals surface area contributed by atoms with Crippen molar-refractivity contribution in [2.45, 2.75) is 31.1 Å². The highest BCUT2D eigenvalue weighted by atomic mass is 32.2. The van der Waals surface area contributed by atoms with Gasteiger partial charge in [0, 0.05) is 5.39 Å². The van der Waals surface area contributed by atoms with E-state index in [2.05, 4.69) is 0 Å². The van der Waals surface area contributed by atoms with E-state index in [0.717, 1.165) is 10.9 Å². The van der Waals surface area contributed by atoms with Crippen molar-refractivity contribution in [2.24, 2.45) is 0 Å². The van der Waals surface area contributed by atoms with Gasteiger partial charge in [0.1, 0.15) is 0 Å². The van der Waals surface area contributed by atoms with Gasteiger partial charge in [-0.25, -0.2) is 0 Å². The number of imide groups is 1. The minimum Gasteiger partial charge on any atom is -0.266 e. The second-order valence-corrected chi connectivity index (χ2v) is 9.45. The van der Waals surface area contributed by atoms with E-state index < -0.39 is 21.9 Å². The quantitative estimate of drug-likeness (QED) is 0.610.